The fraction of sp³-hybridized carbons (Fsp3) is 0.458. The SMILES string of the molecule is CC(C)(C)c1ccccc1NC(=O)N(Cc1cc(F)cc(F)c1)CC1CCNCC1. The summed E-state index contributed by atoms with van der Waals surface area (Å²) in [5.41, 5.74) is 2.11. The Bertz CT molecular complexity index is 853. The van der Waals surface area contributed by atoms with Crippen LogP contribution in [0.2, 0.25) is 0 Å². The van der Waals surface area contributed by atoms with Crippen molar-refractivity contribution in [3.05, 3.63) is 65.2 Å². The molecular formula is C24H31F2N3O. The Labute approximate surface area is 177 Å². The molecule has 1 saturated heterocycles. The zero-order chi connectivity index (χ0) is 21.7. The number of rotatable bonds is 5. The van der Waals surface area contributed by atoms with Gasteiger partial charge in [0.2, 0.25) is 0 Å². The number of benzene rings is 2. The van der Waals surface area contributed by atoms with Gasteiger partial charge in [-0.05, 0) is 66.6 Å². The predicted molar refractivity (Wildman–Crippen MR) is 117 cm³/mol. The van der Waals surface area contributed by atoms with Gasteiger partial charge in [-0.1, -0.05) is 39.0 Å². The molecule has 0 atom stereocenters. The number of hydrogen-bond donors (Lipinski definition) is 2. The highest BCUT2D eigenvalue weighted by Crippen LogP contribution is 2.29. The second-order valence-corrected chi connectivity index (χ2v) is 9.08. The van der Waals surface area contributed by atoms with Crippen LogP contribution in [-0.2, 0) is 12.0 Å². The van der Waals surface area contributed by atoms with Crippen LogP contribution in [-0.4, -0.2) is 30.6 Å². The first kappa shape index (κ1) is 22.2. The van der Waals surface area contributed by atoms with E-state index in [1.807, 2.05) is 24.3 Å². The molecular weight excluding hydrogens is 384 g/mol. The summed E-state index contributed by atoms with van der Waals surface area (Å²) >= 11 is 0. The number of carbonyl (C=O) groups excluding carboxylic acids is 1. The van der Waals surface area contributed by atoms with Gasteiger partial charge < -0.3 is 15.5 Å². The van der Waals surface area contributed by atoms with Crippen molar-refractivity contribution in [3.63, 3.8) is 0 Å². The molecule has 6 heteroatoms. The number of halogens is 2. The standard InChI is InChI=1S/C24H31F2N3O/c1-24(2,3)21-6-4-5-7-22(21)28-23(30)29(15-17-8-10-27-11-9-17)16-18-12-19(25)14-20(26)13-18/h4-7,12-14,17,27H,8-11,15-16H2,1-3H3,(H,28,30). The number of urea groups is 1. The lowest BCUT2D eigenvalue weighted by atomic mass is 9.86. The van der Waals surface area contributed by atoms with Gasteiger partial charge in [-0.3, -0.25) is 0 Å². The minimum atomic E-state index is -0.634. The van der Waals surface area contributed by atoms with E-state index in [2.05, 4.69) is 31.4 Å². The smallest absolute Gasteiger partial charge is 0.320 e. The molecule has 0 saturated carbocycles. The van der Waals surface area contributed by atoms with Gasteiger partial charge >= 0.3 is 6.03 Å². The van der Waals surface area contributed by atoms with Crippen LogP contribution in [0.3, 0.4) is 0 Å². The van der Waals surface area contributed by atoms with Gasteiger partial charge in [0, 0.05) is 24.8 Å². The Kier molecular flexibility index (Phi) is 7.08. The lowest BCUT2D eigenvalue weighted by Gasteiger charge is -2.31. The molecule has 0 spiro atoms. The maximum atomic E-state index is 13.7. The molecule has 2 amide bonds. The number of carbonyl (C=O) groups is 1. The van der Waals surface area contributed by atoms with Gasteiger partial charge in [-0.15, -0.1) is 0 Å². The first-order valence-electron chi connectivity index (χ1n) is 10.5. The Hall–Kier alpha value is -2.47. The number of nitrogens with zero attached hydrogens (tertiary/aromatic N) is 1. The highest BCUT2D eigenvalue weighted by Gasteiger charge is 2.24. The lowest BCUT2D eigenvalue weighted by Crippen LogP contribution is -2.41. The Morgan fingerprint density at radius 1 is 1.10 bits per heavy atom. The number of amides is 2. The average molecular weight is 416 g/mol. The second kappa shape index (κ2) is 9.56. The summed E-state index contributed by atoms with van der Waals surface area (Å²) in [7, 11) is 0. The third-order valence-electron chi connectivity index (χ3n) is 5.50. The van der Waals surface area contributed by atoms with Crippen LogP contribution >= 0.6 is 0 Å². The minimum absolute atomic E-state index is 0.130. The van der Waals surface area contributed by atoms with Crippen molar-refractivity contribution in [3.8, 4) is 0 Å². The molecule has 0 aromatic heterocycles. The maximum absolute atomic E-state index is 13.7. The predicted octanol–water partition coefficient (Wildman–Crippen LogP) is 5.30. The molecule has 2 aromatic carbocycles. The highest BCUT2D eigenvalue weighted by molar-refractivity contribution is 5.90. The van der Waals surface area contributed by atoms with Gasteiger partial charge in [-0.2, -0.15) is 0 Å². The molecule has 1 heterocycles. The third kappa shape index (κ3) is 6.02. The molecule has 0 unspecified atom stereocenters. The van der Waals surface area contributed by atoms with Crippen molar-refractivity contribution in [2.45, 2.75) is 45.6 Å². The number of anilines is 1. The molecule has 1 aliphatic rings. The number of para-hydroxylation sites is 1. The molecule has 162 valence electrons. The summed E-state index contributed by atoms with van der Waals surface area (Å²) < 4.78 is 27.4. The second-order valence-electron chi connectivity index (χ2n) is 9.08. The van der Waals surface area contributed by atoms with Crippen molar-refractivity contribution < 1.29 is 13.6 Å². The van der Waals surface area contributed by atoms with E-state index in [-0.39, 0.29) is 18.0 Å². The third-order valence-corrected chi connectivity index (χ3v) is 5.50. The van der Waals surface area contributed by atoms with Gasteiger partial charge in [0.05, 0.1) is 0 Å². The van der Waals surface area contributed by atoms with Crippen LogP contribution in [0.1, 0.15) is 44.7 Å². The fourth-order valence-electron chi connectivity index (χ4n) is 3.96. The van der Waals surface area contributed by atoms with E-state index in [1.54, 1.807) is 4.90 Å². The van der Waals surface area contributed by atoms with E-state index in [0.29, 0.717) is 18.0 Å². The summed E-state index contributed by atoms with van der Waals surface area (Å²) in [5.74, 6) is -0.913. The van der Waals surface area contributed by atoms with Crippen LogP contribution in [0, 0.1) is 17.6 Å². The number of hydrogen-bond acceptors (Lipinski definition) is 2. The number of nitrogens with one attached hydrogen (secondary N) is 2. The van der Waals surface area contributed by atoms with Crippen LogP contribution < -0.4 is 10.6 Å². The van der Waals surface area contributed by atoms with Gasteiger partial charge in [0.15, 0.2) is 0 Å². The molecule has 4 nitrogen and oxygen atoms in total. The van der Waals surface area contributed by atoms with Crippen molar-refractivity contribution in [2.24, 2.45) is 5.92 Å². The number of piperidine rings is 1. The van der Waals surface area contributed by atoms with Crippen LogP contribution in [0.5, 0.6) is 0 Å². The van der Waals surface area contributed by atoms with Crippen molar-refractivity contribution in [1.82, 2.24) is 10.2 Å². The minimum Gasteiger partial charge on any atom is -0.320 e. The van der Waals surface area contributed by atoms with E-state index in [1.165, 1.54) is 12.1 Å². The zero-order valence-corrected chi connectivity index (χ0v) is 18.0. The van der Waals surface area contributed by atoms with Crippen LogP contribution in [0.25, 0.3) is 0 Å². The van der Waals surface area contributed by atoms with Gasteiger partial charge in [0.1, 0.15) is 11.6 Å². The molecule has 1 fully saturated rings. The van der Waals surface area contributed by atoms with Crippen LogP contribution in [0.4, 0.5) is 19.3 Å². The molecule has 3 rings (SSSR count). The van der Waals surface area contributed by atoms with Crippen molar-refractivity contribution in [2.75, 3.05) is 25.0 Å². The maximum Gasteiger partial charge on any atom is 0.322 e. The quantitative estimate of drug-likeness (QED) is 0.696. The van der Waals surface area contributed by atoms with E-state index in [0.717, 1.165) is 43.2 Å². The molecule has 0 bridgehead atoms. The van der Waals surface area contributed by atoms with E-state index >= 15 is 0 Å². The molecule has 30 heavy (non-hydrogen) atoms. The Morgan fingerprint density at radius 3 is 2.37 bits per heavy atom. The summed E-state index contributed by atoms with van der Waals surface area (Å²) in [4.78, 5) is 14.9. The van der Waals surface area contributed by atoms with E-state index < -0.39 is 11.6 Å². The monoisotopic (exact) mass is 415 g/mol. The Balaban J connectivity index is 1.82. The summed E-state index contributed by atoms with van der Waals surface area (Å²) in [5, 5.41) is 6.37. The lowest BCUT2D eigenvalue weighted by molar-refractivity contribution is 0.189. The largest absolute Gasteiger partial charge is 0.322 e. The van der Waals surface area contributed by atoms with E-state index in [9.17, 15) is 13.6 Å². The summed E-state index contributed by atoms with van der Waals surface area (Å²) in [6, 6.07) is 10.9. The Morgan fingerprint density at radius 2 is 1.73 bits per heavy atom. The first-order chi connectivity index (χ1) is 14.2. The average Bonchev–Trinajstić information content (AvgIpc) is 2.67. The molecule has 2 aromatic rings. The van der Waals surface area contributed by atoms with E-state index in [4.69, 9.17) is 0 Å². The topological polar surface area (TPSA) is 44.4 Å². The molecule has 0 aliphatic carbocycles. The molecule has 1 aliphatic heterocycles. The summed E-state index contributed by atoms with van der Waals surface area (Å²) in [6.07, 6.45) is 1.94. The fourth-order valence-corrected chi connectivity index (χ4v) is 3.96. The molecule has 0 radical (unpaired) electrons. The van der Waals surface area contributed by atoms with Crippen molar-refractivity contribution >= 4 is 11.7 Å². The first-order valence-corrected chi connectivity index (χ1v) is 10.5. The van der Waals surface area contributed by atoms with Crippen LogP contribution in [0.15, 0.2) is 42.5 Å². The normalized spacial score (nSPS) is 15.1. The zero-order valence-electron chi connectivity index (χ0n) is 18.0. The highest BCUT2D eigenvalue weighted by atomic mass is 19.1. The van der Waals surface area contributed by atoms with Gasteiger partial charge in [0.25, 0.3) is 0 Å². The van der Waals surface area contributed by atoms with Gasteiger partial charge in [-0.25, -0.2) is 13.6 Å². The van der Waals surface area contributed by atoms with Crippen molar-refractivity contribution in [1.29, 1.82) is 0 Å². The molecule has 2 N–H and O–H groups in total. The summed E-state index contributed by atoms with van der Waals surface area (Å²) in [6.45, 7) is 8.83.